The lowest BCUT2D eigenvalue weighted by atomic mass is 10.1. The predicted octanol–water partition coefficient (Wildman–Crippen LogP) is 2.39. The van der Waals surface area contributed by atoms with E-state index in [9.17, 15) is 4.79 Å². The van der Waals surface area contributed by atoms with Gasteiger partial charge >= 0.3 is 0 Å². The lowest BCUT2D eigenvalue weighted by Crippen LogP contribution is -2.49. The highest BCUT2D eigenvalue weighted by molar-refractivity contribution is 5.81. The number of rotatable bonds is 5. The van der Waals surface area contributed by atoms with Gasteiger partial charge in [0.25, 0.3) is 0 Å². The SMILES string of the molecule is CC(NCc1ccn(C2CCCC2)n1)C(=O)NC(C)(C)C. The fourth-order valence-corrected chi connectivity index (χ4v) is 2.67. The largest absolute Gasteiger partial charge is 0.350 e. The Hall–Kier alpha value is -1.36. The van der Waals surface area contributed by atoms with E-state index in [-0.39, 0.29) is 17.5 Å². The van der Waals surface area contributed by atoms with Crippen LogP contribution in [-0.2, 0) is 11.3 Å². The van der Waals surface area contributed by atoms with Crippen LogP contribution in [0.4, 0.5) is 0 Å². The van der Waals surface area contributed by atoms with E-state index in [2.05, 4.69) is 26.6 Å². The smallest absolute Gasteiger partial charge is 0.237 e. The quantitative estimate of drug-likeness (QED) is 0.876. The number of amides is 1. The van der Waals surface area contributed by atoms with Gasteiger partial charge < -0.3 is 10.6 Å². The lowest BCUT2D eigenvalue weighted by molar-refractivity contribution is -0.124. The number of carbonyl (C=O) groups excluding carboxylic acids is 1. The standard InChI is InChI=1S/C16H28N4O/c1-12(15(21)18-16(2,3)4)17-11-13-9-10-20(19-13)14-7-5-6-8-14/h9-10,12,14,17H,5-8,11H2,1-4H3,(H,18,21). The molecule has 0 aromatic carbocycles. The maximum absolute atomic E-state index is 12.0. The molecular weight excluding hydrogens is 264 g/mol. The molecule has 1 fully saturated rings. The summed E-state index contributed by atoms with van der Waals surface area (Å²) < 4.78 is 2.09. The van der Waals surface area contributed by atoms with Crippen LogP contribution in [0.5, 0.6) is 0 Å². The number of hydrogen-bond acceptors (Lipinski definition) is 3. The van der Waals surface area contributed by atoms with Crippen molar-refractivity contribution >= 4 is 5.91 Å². The van der Waals surface area contributed by atoms with Gasteiger partial charge in [-0.1, -0.05) is 12.8 Å². The Morgan fingerprint density at radius 2 is 2.10 bits per heavy atom. The monoisotopic (exact) mass is 292 g/mol. The van der Waals surface area contributed by atoms with Crippen molar-refractivity contribution in [2.45, 2.75) is 77.5 Å². The molecule has 1 amide bonds. The molecule has 0 spiro atoms. The molecule has 1 aliphatic carbocycles. The van der Waals surface area contributed by atoms with Crippen molar-refractivity contribution in [1.29, 1.82) is 0 Å². The van der Waals surface area contributed by atoms with Crippen LogP contribution in [0.25, 0.3) is 0 Å². The van der Waals surface area contributed by atoms with Gasteiger partial charge in [0.05, 0.1) is 17.8 Å². The van der Waals surface area contributed by atoms with Gasteiger partial charge in [-0.2, -0.15) is 5.10 Å². The van der Waals surface area contributed by atoms with Gasteiger partial charge in [-0.3, -0.25) is 9.48 Å². The molecule has 0 bridgehead atoms. The highest BCUT2D eigenvalue weighted by Crippen LogP contribution is 2.28. The van der Waals surface area contributed by atoms with Gasteiger partial charge in [0.15, 0.2) is 0 Å². The Labute approximate surface area is 127 Å². The van der Waals surface area contributed by atoms with E-state index < -0.39 is 0 Å². The first kappa shape index (κ1) is 16.0. The van der Waals surface area contributed by atoms with Crippen LogP contribution in [-0.4, -0.2) is 27.3 Å². The summed E-state index contributed by atoms with van der Waals surface area (Å²) in [6.07, 6.45) is 7.15. The summed E-state index contributed by atoms with van der Waals surface area (Å²) in [5, 5.41) is 10.8. The van der Waals surface area contributed by atoms with E-state index in [1.807, 2.05) is 33.8 Å². The molecule has 5 nitrogen and oxygen atoms in total. The number of nitrogens with one attached hydrogen (secondary N) is 2. The van der Waals surface area contributed by atoms with Crippen molar-refractivity contribution < 1.29 is 4.79 Å². The topological polar surface area (TPSA) is 59.0 Å². The van der Waals surface area contributed by atoms with Crippen LogP contribution >= 0.6 is 0 Å². The molecule has 1 aromatic heterocycles. The molecule has 1 atom stereocenters. The fraction of sp³-hybridized carbons (Fsp3) is 0.750. The molecule has 0 radical (unpaired) electrons. The van der Waals surface area contributed by atoms with Crippen LogP contribution in [0.1, 0.15) is 65.1 Å². The summed E-state index contributed by atoms with van der Waals surface area (Å²) >= 11 is 0. The zero-order chi connectivity index (χ0) is 15.5. The Balaban J connectivity index is 1.81. The van der Waals surface area contributed by atoms with E-state index in [0.717, 1.165) is 5.69 Å². The van der Waals surface area contributed by atoms with Crippen molar-refractivity contribution in [3.63, 3.8) is 0 Å². The van der Waals surface area contributed by atoms with Gasteiger partial charge in [-0.25, -0.2) is 0 Å². The van der Waals surface area contributed by atoms with Crippen LogP contribution < -0.4 is 10.6 Å². The van der Waals surface area contributed by atoms with Crippen molar-refractivity contribution in [1.82, 2.24) is 20.4 Å². The average Bonchev–Trinajstić information content (AvgIpc) is 3.04. The molecule has 1 heterocycles. The molecule has 21 heavy (non-hydrogen) atoms. The second-order valence-corrected chi connectivity index (χ2v) is 7.07. The first-order chi connectivity index (χ1) is 9.85. The van der Waals surface area contributed by atoms with Gasteiger partial charge in [0.1, 0.15) is 0 Å². The van der Waals surface area contributed by atoms with Crippen LogP contribution in [0, 0.1) is 0 Å². The van der Waals surface area contributed by atoms with Crippen LogP contribution in [0.2, 0.25) is 0 Å². The minimum absolute atomic E-state index is 0.0257. The van der Waals surface area contributed by atoms with E-state index >= 15 is 0 Å². The molecular formula is C16H28N4O. The van der Waals surface area contributed by atoms with Crippen molar-refractivity contribution in [3.05, 3.63) is 18.0 Å². The van der Waals surface area contributed by atoms with Crippen molar-refractivity contribution in [2.75, 3.05) is 0 Å². The minimum Gasteiger partial charge on any atom is -0.350 e. The molecule has 1 unspecified atom stereocenters. The highest BCUT2D eigenvalue weighted by atomic mass is 16.2. The summed E-state index contributed by atoms with van der Waals surface area (Å²) in [6, 6.07) is 2.39. The normalized spacial score (nSPS) is 17.9. The average molecular weight is 292 g/mol. The Bertz CT molecular complexity index is 469. The Kier molecular flexibility index (Phi) is 5.04. The lowest BCUT2D eigenvalue weighted by Gasteiger charge is -2.23. The molecule has 1 aromatic rings. The van der Waals surface area contributed by atoms with Gasteiger partial charge in [-0.15, -0.1) is 0 Å². The zero-order valence-corrected chi connectivity index (χ0v) is 13.6. The third kappa shape index (κ3) is 4.84. The molecule has 2 rings (SSSR count). The Morgan fingerprint density at radius 3 is 2.71 bits per heavy atom. The molecule has 5 heteroatoms. The first-order valence-electron chi connectivity index (χ1n) is 7.94. The second-order valence-electron chi connectivity index (χ2n) is 7.07. The third-order valence-corrected chi connectivity index (χ3v) is 3.84. The summed E-state index contributed by atoms with van der Waals surface area (Å²) in [4.78, 5) is 12.0. The molecule has 0 aliphatic heterocycles. The Morgan fingerprint density at radius 1 is 1.43 bits per heavy atom. The number of hydrogen-bond donors (Lipinski definition) is 2. The highest BCUT2D eigenvalue weighted by Gasteiger charge is 2.20. The summed E-state index contributed by atoms with van der Waals surface area (Å²) in [6.45, 7) is 8.47. The summed E-state index contributed by atoms with van der Waals surface area (Å²) in [5.41, 5.74) is 0.800. The van der Waals surface area contributed by atoms with Gasteiger partial charge in [0, 0.05) is 18.3 Å². The molecule has 1 saturated carbocycles. The van der Waals surface area contributed by atoms with E-state index in [1.165, 1.54) is 25.7 Å². The second kappa shape index (κ2) is 6.60. The molecule has 2 N–H and O–H groups in total. The minimum atomic E-state index is -0.221. The van der Waals surface area contributed by atoms with Gasteiger partial charge in [0.2, 0.25) is 5.91 Å². The maximum atomic E-state index is 12.0. The summed E-state index contributed by atoms with van der Waals surface area (Å²) in [7, 11) is 0. The van der Waals surface area contributed by atoms with E-state index in [0.29, 0.717) is 12.6 Å². The maximum Gasteiger partial charge on any atom is 0.237 e. The van der Waals surface area contributed by atoms with E-state index in [1.54, 1.807) is 0 Å². The number of aromatic nitrogens is 2. The predicted molar refractivity (Wildman–Crippen MR) is 83.9 cm³/mol. The summed E-state index contributed by atoms with van der Waals surface area (Å²) in [5.74, 6) is 0.0257. The first-order valence-corrected chi connectivity index (χ1v) is 7.94. The van der Waals surface area contributed by atoms with Crippen LogP contribution in [0.3, 0.4) is 0 Å². The van der Waals surface area contributed by atoms with Crippen molar-refractivity contribution in [3.8, 4) is 0 Å². The fourth-order valence-electron chi connectivity index (χ4n) is 2.67. The van der Waals surface area contributed by atoms with E-state index in [4.69, 9.17) is 0 Å². The molecule has 0 saturated heterocycles. The third-order valence-electron chi connectivity index (χ3n) is 3.84. The van der Waals surface area contributed by atoms with Crippen molar-refractivity contribution in [2.24, 2.45) is 0 Å². The number of nitrogens with zero attached hydrogens (tertiary/aromatic N) is 2. The molecule has 1 aliphatic rings. The van der Waals surface area contributed by atoms with Gasteiger partial charge in [-0.05, 0) is 46.6 Å². The zero-order valence-electron chi connectivity index (χ0n) is 13.6. The van der Waals surface area contributed by atoms with Crippen LogP contribution in [0.15, 0.2) is 12.3 Å². The number of carbonyl (C=O) groups is 1. The molecule has 118 valence electrons.